The maximum absolute atomic E-state index is 5.87. The van der Waals surface area contributed by atoms with Gasteiger partial charge in [-0.2, -0.15) is 0 Å². The van der Waals surface area contributed by atoms with Gasteiger partial charge < -0.3 is 9.88 Å². The summed E-state index contributed by atoms with van der Waals surface area (Å²) in [5.41, 5.74) is 1.88. The molecule has 5 nitrogen and oxygen atoms in total. The molecule has 2 aromatic heterocycles. The largest absolute Gasteiger partial charge is 0.340 e. The third-order valence-electron chi connectivity index (χ3n) is 3.27. The van der Waals surface area contributed by atoms with Gasteiger partial charge in [-0.1, -0.05) is 11.6 Å². The number of nitrogens with one attached hydrogen (secondary N) is 1. The first-order valence-electron chi connectivity index (χ1n) is 7.02. The first kappa shape index (κ1) is 14.5. The Hall–Kier alpha value is -2.40. The number of rotatable bonds is 4. The van der Waals surface area contributed by atoms with Crippen molar-refractivity contribution in [3.63, 3.8) is 0 Å². The molecule has 0 saturated heterocycles. The molecule has 0 atom stereocenters. The predicted octanol–water partition coefficient (Wildman–Crippen LogP) is 4.32. The predicted molar refractivity (Wildman–Crippen MR) is 88.4 cm³/mol. The van der Waals surface area contributed by atoms with Crippen molar-refractivity contribution < 1.29 is 0 Å². The second-order valence-electron chi connectivity index (χ2n) is 5.22. The highest BCUT2D eigenvalue weighted by molar-refractivity contribution is 6.30. The third kappa shape index (κ3) is 3.09. The zero-order valence-corrected chi connectivity index (χ0v) is 13.1. The minimum absolute atomic E-state index is 0.303. The first-order valence-corrected chi connectivity index (χ1v) is 7.40. The van der Waals surface area contributed by atoms with Gasteiger partial charge in [0, 0.05) is 28.5 Å². The van der Waals surface area contributed by atoms with Gasteiger partial charge in [0.05, 0.1) is 0 Å². The van der Waals surface area contributed by atoms with Crippen molar-refractivity contribution in [1.82, 2.24) is 19.7 Å². The topological polar surface area (TPSA) is 55.6 Å². The lowest BCUT2D eigenvalue weighted by Crippen LogP contribution is -2.02. The van der Waals surface area contributed by atoms with Gasteiger partial charge >= 0.3 is 0 Å². The Labute approximate surface area is 134 Å². The minimum Gasteiger partial charge on any atom is -0.340 e. The molecule has 22 heavy (non-hydrogen) atoms. The van der Waals surface area contributed by atoms with E-state index in [0.29, 0.717) is 11.1 Å². The Balaban J connectivity index is 1.80. The summed E-state index contributed by atoms with van der Waals surface area (Å²) in [4.78, 5) is 4.43. The van der Waals surface area contributed by atoms with Gasteiger partial charge in [0.1, 0.15) is 12.1 Å². The lowest BCUT2D eigenvalue weighted by Gasteiger charge is -2.10. The van der Waals surface area contributed by atoms with Crippen LogP contribution in [-0.4, -0.2) is 19.7 Å². The quantitative estimate of drug-likeness (QED) is 0.779. The van der Waals surface area contributed by atoms with E-state index in [-0.39, 0.29) is 0 Å². The number of anilines is 2. The third-order valence-corrected chi connectivity index (χ3v) is 3.52. The molecule has 0 aliphatic carbocycles. The van der Waals surface area contributed by atoms with Crippen LogP contribution in [0.1, 0.15) is 19.9 Å². The smallest absolute Gasteiger partial charge is 0.165 e. The van der Waals surface area contributed by atoms with Crippen molar-refractivity contribution in [2.45, 2.75) is 19.9 Å². The molecule has 1 N–H and O–H groups in total. The van der Waals surface area contributed by atoms with Crippen molar-refractivity contribution in [3.05, 3.63) is 53.9 Å². The summed E-state index contributed by atoms with van der Waals surface area (Å²) in [6.07, 6.45) is 3.53. The Morgan fingerprint density at radius 3 is 2.50 bits per heavy atom. The van der Waals surface area contributed by atoms with Crippen LogP contribution in [0.25, 0.3) is 11.4 Å². The molecule has 0 bridgehead atoms. The van der Waals surface area contributed by atoms with E-state index in [1.807, 2.05) is 41.0 Å². The highest BCUT2D eigenvalue weighted by Gasteiger charge is 2.10. The van der Waals surface area contributed by atoms with Crippen molar-refractivity contribution in [2.24, 2.45) is 0 Å². The van der Waals surface area contributed by atoms with Gasteiger partial charge in [0.15, 0.2) is 5.82 Å². The van der Waals surface area contributed by atoms with Crippen LogP contribution >= 0.6 is 11.6 Å². The molecule has 112 valence electrons. The summed E-state index contributed by atoms with van der Waals surface area (Å²) >= 11 is 5.87. The Morgan fingerprint density at radius 2 is 1.86 bits per heavy atom. The van der Waals surface area contributed by atoms with Crippen LogP contribution < -0.4 is 5.32 Å². The second-order valence-corrected chi connectivity index (χ2v) is 5.66. The monoisotopic (exact) mass is 313 g/mol. The molecule has 1 aromatic carbocycles. The summed E-state index contributed by atoms with van der Waals surface area (Å²) in [7, 11) is 0. The molecule has 0 unspecified atom stereocenters. The fourth-order valence-electron chi connectivity index (χ4n) is 2.11. The first-order chi connectivity index (χ1) is 10.6. The Kier molecular flexibility index (Phi) is 4.06. The van der Waals surface area contributed by atoms with Crippen LogP contribution in [0.3, 0.4) is 0 Å². The summed E-state index contributed by atoms with van der Waals surface area (Å²) in [5.74, 6) is 1.59. The average molecular weight is 314 g/mol. The molecule has 0 aliphatic heterocycles. The molecule has 0 fully saturated rings. The maximum atomic E-state index is 5.87. The van der Waals surface area contributed by atoms with E-state index in [9.17, 15) is 0 Å². The summed E-state index contributed by atoms with van der Waals surface area (Å²) in [6.45, 7) is 4.19. The van der Waals surface area contributed by atoms with Gasteiger partial charge in [-0.3, -0.25) is 0 Å². The molecule has 3 aromatic rings. The van der Waals surface area contributed by atoms with Crippen molar-refractivity contribution >= 4 is 23.1 Å². The van der Waals surface area contributed by atoms with Crippen molar-refractivity contribution in [3.8, 4) is 11.4 Å². The molecule has 6 heteroatoms. The van der Waals surface area contributed by atoms with Crippen LogP contribution in [0.2, 0.25) is 5.02 Å². The van der Waals surface area contributed by atoms with Gasteiger partial charge in [-0.05, 0) is 50.2 Å². The normalized spacial score (nSPS) is 10.9. The highest BCUT2D eigenvalue weighted by atomic mass is 35.5. The molecular formula is C16H16ClN5. The van der Waals surface area contributed by atoms with E-state index >= 15 is 0 Å². The van der Waals surface area contributed by atoms with Crippen LogP contribution in [0.15, 0.2) is 48.9 Å². The lowest BCUT2D eigenvalue weighted by molar-refractivity contribution is 0.604. The van der Waals surface area contributed by atoms with Gasteiger partial charge in [0.2, 0.25) is 0 Å². The molecule has 0 radical (unpaired) electrons. The molecule has 2 heterocycles. The standard InChI is InChI=1S/C16H16ClN5/c1-11(2)22-10-19-21-16(22)12-3-8-15(18-9-12)20-14-6-4-13(17)5-7-14/h3-11H,1-2H3,(H,18,20). The summed E-state index contributed by atoms with van der Waals surface area (Å²) in [5, 5.41) is 12.1. The average Bonchev–Trinajstić information content (AvgIpc) is 3.00. The maximum Gasteiger partial charge on any atom is 0.165 e. The summed E-state index contributed by atoms with van der Waals surface area (Å²) in [6, 6.07) is 11.7. The van der Waals surface area contributed by atoms with Gasteiger partial charge in [-0.15, -0.1) is 10.2 Å². The van der Waals surface area contributed by atoms with E-state index in [2.05, 4.69) is 34.3 Å². The number of halogens is 1. The number of hydrogen-bond acceptors (Lipinski definition) is 4. The van der Waals surface area contributed by atoms with E-state index < -0.39 is 0 Å². The summed E-state index contributed by atoms with van der Waals surface area (Å²) < 4.78 is 2.02. The molecule has 0 spiro atoms. The molecule has 0 amide bonds. The number of nitrogens with zero attached hydrogens (tertiary/aromatic N) is 4. The van der Waals surface area contributed by atoms with Crippen LogP contribution in [0.5, 0.6) is 0 Å². The molecule has 0 saturated carbocycles. The van der Waals surface area contributed by atoms with E-state index in [4.69, 9.17) is 11.6 Å². The number of hydrogen-bond donors (Lipinski definition) is 1. The van der Waals surface area contributed by atoms with Gasteiger partial charge in [-0.25, -0.2) is 4.98 Å². The van der Waals surface area contributed by atoms with Crippen LogP contribution in [-0.2, 0) is 0 Å². The van der Waals surface area contributed by atoms with Gasteiger partial charge in [0.25, 0.3) is 0 Å². The fraction of sp³-hybridized carbons (Fsp3) is 0.188. The Morgan fingerprint density at radius 1 is 1.09 bits per heavy atom. The highest BCUT2D eigenvalue weighted by Crippen LogP contribution is 2.22. The minimum atomic E-state index is 0.303. The number of pyridine rings is 1. The number of aromatic nitrogens is 4. The number of benzene rings is 1. The molecule has 3 rings (SSSR count). The zero-order valence-electron chi connectivity index (χ0n) is 12.4. The van der Waals surface area contributed by atoms with Crippen LogP contribution in [0.4, 0.5) is 11.5 Å². The lowest BCUT2D eigenvalue weighted by atomic mass is 10.2. The van der Waals surface area contributed by atoms with Crippen molar-refractivity contribution in [2.75, 3.05) is 5.32 Å². The van der Waals surface area contributed by atoms with Crippen LogP contribution in [0, 0.1) is 0 Å². The van der Waals surface area contributed by atoms with E-state index in [1.54, 1.807) is 12.5 Å². The fourth-order valence-corrected chi connectivity index (χ4v) is 2.23. The second kappa shape index (κ2) is 6.15. The molecular weight excluding hydrogens is 298 g/mol. The SMILES string of the molecule is CC(C)n1cnnc1-c1ccc(Nc2ccc(Cl)cc2)nc1. The van der Waals surface area contributed by atoms with E-state index in [1.165, 1.54) is 0 Å². The molecule has 0 aliphatic rings. The van der Waals surface area contributed by atoms with E-state index in [0.717, 1.165) is 22.9 Å². The van der Waals surface area contributed by atoms with Crippen molar-refractivity contribution in [1.29, 1.82) is 0 Å². The Bertz CT molecular complexity index is 747. The zero-order chi connectivity index (χ0) is 15.5.